The minimum atomic E-state index is -0.590. The molecule has 3 N–H and O–H groups in total. The zero-order chi connectivity index (χ0) is 14.5. The third-order valence-corrected chi connectivity index (χ3v) is 3.51. The number of carbonyl (C=O) groups excluding carboxylic acids is 2. The summed E-state index contributed by atoms with van der Waals surface area (Å²) in [5.41, 5.74) is 0.0692. The van der Waals surface area contributed by atoms with Gasteiger partial charge in [0.2, 0.25) is 5.91 Å². The molecule has 5 nitrogen and oxygen atoms in total. The van der Waals surface area contributed by atoms with Crippen LogP contribution in [-0.4, -0.2) is 24.5 Å². The summed E-state index contributed by atoms with van der Waals surface area (Å²) in [6.07, 6.45) is 2.34. The van der Waals surface area contributed by atoms with E-state index in [-0.39, 0.29) is 11.6 Å². The maximum Gasteiger partial charge on any atom is 0.319 e. The number of halogens is 2. The summed E-state index contributed by atoms with van der Waals surface area (Å²) in [6.45, 7) is 0.625. The van der Waals surface area contributed by atoms with Gasteiger partial charge in [-0.3, -0.25) is 4.79 Å². The largest absolute Gasteiger partial charge is 0.354 e. The minimum Gasteiger partial charge on any atom is -0.354 e. The molecule has 1 saturated heterocycles. The van der Waals surface area contributed by atoms with Gasteiger partial charge in [0.25, 0.3) is 0 Å². The number of hydrogen-bond donors (Lipinski definition) is 3. The molecule has 1 aromatic carbocycles. The van der Waals surface area contributed by atoms with Gasteiger partial charge in [0.1, 0.15) is 11.9 Å². The molecule has 108 valence electrons. The van der Waals surface area contributed by atoms with E-state index in [1.54, 1.807) is 6.07 Å². The maximum absolute atomic E-state index is 13.6. The molecule has 0 spiro atoms. The molecular weight excluding hydrogens is 329 g/mol. The maximum atomic E-state index is 13.6. The van der Waals surface area contributed by atoms with Crippen molar-refractivity contribution in [2.24, 2.45) is 0 Å². The third-order valence-electron chi connectivity index (χ3n) is 3.02. The van der Waals surface area contributed by atoms with Crippen molar-refractivity contribution in [3.63, 3.8) is 0 Å². The van der Waals surface area contributed by atoms with Crippen LogP contribution in [0.2, 0.25) is 0 Å². The first-order valence-electron chi connectivity index (χ1n) is 6.36. The van der Waals surface area contributed by atoms with E-state index < -0.39 is 17.9 Å². The molecule has 1 aromatic rings. The number of urea groups is 1. The van der Waals surface area contributed by atoms with E-state index in [9.17, 15) is 14.0 Å². The number of benzene rings is 1. The number of anilines is 1. The fraction of sp³-hybridized carbons (Fsp3) is 0.385. The predicted octanol–water partition coefficient (Wildman–Crippen LogP) is 2.38. The Kier molecular flexibility index (Phi) is 4.94. The van der Waals surface area contributed by atoms with E-state index in [2.05, 4.69) is 31.9 Å². The van der Waals surface area contributed by atoms with Crippen LogP contribution in [0, 0.1) is 5.82 Å². The predicted molar refractivity (Wildman–Crippen MR) is 76.9 cm³/mol. The number of rotatable bonds is 2. The zero-order valence-electron chi connectivity index (χ0n) is 10.7. The van der Waals surface area contributed by atoms with Gasteiger partial charge in [-0.15, -0.1) is 0 Å². The van der Waals surface area contributed by atoms with Gasteiger partial charge in [0.15, 0.2) is 0 Å². The molecule has 7 heteroatoms. The van der Waals surface area contributed by atoms with Crippen molar-refractivity contribution >= 4 is 33.6 Å². The molecule has 0 saturated carbocycles. The summed E-state index contributed by atoms with van der Waals surface area (Å²) in [6, 6.07) is 3.17. The van der Waals surface area contributed by atoms with Crippen LogP contribution in [-0.2, 0) is 4.79 Å². The summed E-state index contributed by atoms with van der Waals surface area (Å²) in [4.78, 5) is 23.5. The highest BCUT2D eigenvalue weighted by molar-refractivity contribution is 9.10. The molecule has 20 heavy (non-hydrogen) atoms. The molecule has 3 amide bonds. The Bertz CT molecular complexity index is 524. The molecule has 1 aliphatic heterocycles. The second kappa shape index (κ2) is 6.69. The summed E-state index contributed by atoms with van der Waals surface area (Å²) >= 11 is 3.14. The minimum absolute atomic E-state index is 0.0692. The molecule has 0 bridgehead atoms. The van der Waals surface area contributed by atoms with Crippen molar-refractivity contribution in [1.29, 1.82) is 0 Å². The molecule has 0 unspecified atom stereocenters. The molecule has 0 radical (unpaired) electrons. The summed E-state index contributed by atoms with van der Waals surface area (Å²) < 4.78 is 14.2. The lowest BCUT2D eigenvalue weighted by atomic mass is 10.1. The van der Waals surface area contributed by atoms with E-state index in [4.69, 9.17) is 0 Å². The first kappa shape index (κ1) is 14.8. The van der Waals surface area contributed by atoms with Crippen LogP contribution in [0.25, 0.3) is 0 Å². The lowest BCUT2D eigenvalue weighted by Gasteiger charge is -2.16. The Morgan fingerprint density at radius 3 is 2.95 bits per heavy atom. The van der Waals surface area contributed by atoms with E-state index in [0.717, 1.165) is 12.8 Å². The molecule has 1 fully saturated rings. The molecule has 0 aromatic heterocycles. The molecule has 1 atom stereocenters. The van der Waals surface area contributed by atoms with Gasteiger partial charge in [-0.05, 0) is 37.5 Å². The number of hydrogen-bond acceptors (Lipinski definition) is 2. The van der Waals surface area contributed by atoms with E-state index in [1.807, 2.05) is 0 Å². The highest BCUT2D eigenvalue weighted by Crippen LogP contribution is 2.19. The standard InChI is InChI=1S/C13H15BrFN3O2/c14-8-4-5-10(9(15)7-8)17-13(20)18-11-3-1-2-6-16-12(11)19/h4-5,7,11H,1-3,6H2,(H,16,19)(H2,17,18,20)/t11-/m1/s1. The van der Waals surface area contributed by atoms with Crippen LogP contribution >= 0.6 is 15.9 Å². The molecular formula is C13H15BrFN3O2. The normalized spacial score (nSPS) is 18.9. The fourth-order valence-electron chi connectivity index (χ4n) is 1.98. The van der Waals surface area contributed by atoms with Gasteiger partial charge in [-0.25, -0.2) is 9.18 Å². The summed E-state index contributed by atoms with van der Waals surface area (Å²) in [7, 11) is 0. The molecule has 1 heterocycles. The average molecular weight is 344 g/mol. The summed E-state index contributed by atoms with van der Waals surface area (Å²) in [5, 5.41) is 7.68. The quantitative estimate of drug-likeness (QED) is 0.771. The Hall–Kier alpha value is -1.63. The third kappa shape index (κ3) is 3.93. The molecule has 2 rings (SSSR count). The van der Waals surface area contributed by atoms with Crippen molar-refractivity contribution in [3.8, 4) is 0 Å². The Morgan fingerprint density at radius 1 is 1.40 bits per heavy atom. The van der Waals surface area contributed by atoms with Crippen LogP contribution in [0.5, 0.6) is 0 Å². The first-order chi connectivity index (χ1) is 9.56. The lowest BCUT2D eigenvalue weighted by molar-refractivity contribution is -0.122. The highest BCUT2D eigenvalue weighted by Gasteiger charge is 2.22. The second-order valence-corrected chi connectivity index (χ2v) is 5.48. The van der Waals surface area contributed by atoms with Crippen LogP contribution < -0.4 is 16.0 Å². The van der Waals surface area contributed by atoms with Crippen molar-refractivity contribution < 1.29 is 14.0 Å². The van der Waals surface area contributed by atoms with E-state index in [1.165, 1.54) is 12.1 Å². The van der Waals surface area contributed by atoms with Gasteiger partial charge in [-0.1, -0.05) is 15.9 Å². The Balaban J connectivity index is 1.96. The monoisotopic (exact) mass is 343 g/mol. The van der Waals surface area contributed by atoms with Crippen molar-refractivity contribution in [2.45, 2.75) is 25.3 Å². The number of carbonyl (C=O) groups is 2. The molecule has 1 aliphatic rings. The molecule has 0 aliphatic carbocycles. The van der Waals surface area contributed by atoms with Crippen LogP contribution in [0.15, 0.2) is 22.7 Å². The smallest absolute Gasteiger partial charge is 0.319 e. The van der Waals surface area contributed by atoms with E-state index in [0.29, 0.717) is 17.4 Å². The van der Waals surface area contributed by atoms with Crippen LogP contribution in [0.4, 0.5) is 14.9 Å². The zero-order valence-corrected chi connectivity index (χ0v) is 12.3. The van der Waals surface area contributed by atoms with Gasteiger partial charge in [-0.2, -0.15) is 0 Å². The summed E-state index contributed by atoms with van der Waals surface area (Å²) in [5.74, 6) is -0.742. The van der Waals surface area contributed by atoms with Gasteiger partial charge in [0, 0.05) is 11.0 Å². The van der Waals surface area contributed by atoms with Crippen molar-refractivity contribution in [3.05, 3.63) is 28.5 Å². The van der Waals surface area contributed by atoms with Gasteiger partial charge >= 0.3 is 6.03 Å². The first-order valence-corrected chi connectivity index (χ1v) is 7.16. The van der Waals surface area contributed by atoms with Crippen molar-refractivity contribution in [1.82, 2.24) is 10.6 Å². The Labute approximate surface area is 124 Å². The topological polar surface area (TPSA) is 70.2 Å². The van der Waals surface area contributed by atoms with Crippen LogP contribution in [0.3, 0.4) is 0 Å². The highest BCUT2D eigenvalue weighted by atomic mass is 79.9. The fourth-order valence-corrected chi connectivity index (χ4v) is 2.32. The van der Waals surface area contributed by atoms with E-state index >= 15 is 0 Å². The number of amides is 3. The van der Waals surface area contributed by atoms with Crippen LogP contribution in [0.1, 0.15) is 19.3 Å². The SMILES string of the molecule is O=C(Nc1ccc(Br)cc1F)N[C@@H]1CCCCNC1=O. The van der Waals surface area contributed by atoms with Crippen molar-refractivity contribution in [2.75, 3.05) is 11.9 Å². The van der Waals surface area contributed by atoms with Gasteiger partial charge < -0.3 is 16.0 Å². The number of nitrogens with one attached hydrogen (secondary N) is 3. The van der Waals surface area contributed by atoms with Gasteiger partial charge in [0.05, 0.1) is 5.69 Å². The second-order valence-electron chi connectivity index (χ2n) is 4.56. The average Bonchev–Trinajstić information content (AvgIpc) is 2.59. The Morgan fingerprint density at radius 2 is 2.20 bits per heavy atom. The lowest BCUT2D eigenvalue weighted by Crippen LogP contribution is -2.47.